The summed E-state index contributed by atoms with van der Waals surface area (Å²) in [5, 5.41) is 32.9. The lowest BCUT2D eigenvalue weighted by molar-refractivity contribution is -0.217. The Morgan fingerprint density at radius 1 is 1.00 bits per heavy atom. The molecule has 2 fully saturated rings. The molecule has 0 aromatic carbocycles. The molecule has 0 radical (unpaired) electrons. The Hall–Kier alpha value is -1.15. The number of nitrogens with zero attached hydrogens (tertiary/aromatic N) is 4. The zero-order chi connectivity index (χ0) is 13.7. The van der Waals surface area contributed by atoms with Gasteiger partial charge in [-0.2, -0.15) is 14.9 Å². The minimum absolute atomic E-state index is 0.0962. The maximum absolute atomic E-state index is 10.3. The van der Waals surface area contributed by atoms with Gasteiger partial charge in [-0.05, 0) is 26.7 Å². The first-order valence-corrected chi connectivity index (χ1v) is 6.72. The maximum atomic E-state index is 10.3. The van der Waals surface area contributed by atoms with Crippen LogP contribution in [0, 0.1) is 13.8 Å². The summed E-state index contributed by atoms with van der Waals surface area (Å²) in [6.45, 7) is 3.54. The number of imidazole rings is 1. The molecular weight excluding hydrogens is 248 g/mol. The van der Waals surface area contributed by atoms with Crippen LogP contribution in [0.25, 0.3) is 0 Å². The first-order chi connectivity index (χ1) is 9.02. The van der Waals surface area contributed by atoms with Gasteiger partial charge in [0.1, 0.15) is 0 Å². The van der Waals surface area contributed by atoms with E-state index in [4.69, 9.17) is 0 Å². The van der Waals surface area contributed by atoms with Crippen molar-refractivity contribution in [2.24, 2.45) is 0 Å². The molecule has 3 N–H and O–H groups in total. The summed E-state index contributed by atoms with van der Waals surface area (Å²) in [6, 6.07) is -0.192. The summed E-state index contributed by atoms with van der Waals surface area (Å²) in [5.41, 5.74) is 1.31. The monoisotopic (exact) mass is 268 g/mol. The molecule has 106 valence electrons. The lowest BCUT2D eigenvalue weighted by Crippen LogP contribution is -2.37. The molecular formula is C12H20N4O3. The van der Waals surface area contributed by atoms with Crippen LogP contribution in [-0.2, 0) is 0 Å². The van der Waals surface area contributed by atoms with Crippen LogP contribution in [0.2, 0.25) is 0 Å². The first-order valence-electron chi connectivity index (χ1n) is 6.72. The van der Waals surface area contributed by atoms with Crippen molar-refractivity contribution in [3.8, 4) is 0 Å². The van der Waals surface area contributed by atoms with Gasteiger partial charge in [0.05, 0.1) is 23.5 Å². The molecule has 1 aliphatic carbocycles. The Bertz CT molecular complexity index is 472. The number of fused-ring (bicyclic) bond motifs is 1. The van der Waals surface area contributed by atoms with E-state index in [0.29, 0.717) is 11.4 Å². The third-order valence-corrected chi connectivity index (χ3v) is 4.45. The number of hydroxylamine groups is 4. The molecule has 1 saturated heterocycles. The second-order valence-corrected chi connectivity index (χ2v) is 5.51. The Kier molecular flexibility index (Phi) is 3.01. The molecule has 0 bridgehead atoms. The van der Waals surface area contributed by atoms with Crippen molar-refractivity contribution in [1.82, 2.24) is 19.8 Å². The number of hydrogen-bond acceptors (Lipinski definition) is 6. The molecule has 0 spiro atoms. The lowest BCUT2D eigenvalue weighted by atomic mass is 9.91. The van der Waals surface area contributed by atoms with Gasteiger partial charge in [-0.1, -0.05) is 12.8 Å². The highest BCUT2D eigenvalue weighted by Crippen LogP contribution is 2.40. The Morgan fingerprint density at radius 3 is 1.95 bits per heavy atom. The van der Waals surface area contributed by atoms with Gasteiger partial charge < -0.3 is 15.6 Å². The van der Waals surface area contributed by atoms with E-state index < -0.39 is 6.17 Å². The summed E-state index contributed by atoms with van der Waals surface area (Å²) in [7, 11) is 0. The standard InChI is InChI=1S/C12H20N4O3/c1-7-8(2)14(17)11(13-7)12-15(18)9-5-3-4-6-10(9)16(12)19/h9-10,12,17-19H,3-6H2,1-2H3/t9-,10-/m0/s1. The van der Waals surface area contributed by atoms with Gasteiger partial charge in [-0.25, -0.2) is 4.98 Å². The molecule has 7 nitrogen and oxygen atoms in total. The zero-order valence-corrected chi connectivity index (χ0v) is 11.2. The molecule has 0 unspecified atom stereocenters. The van der Waals surface area contributed by atoms with Crippen molar-refractivity contribution in [3.05, 3.63) is 17.2 Å². The predicted molar refractivity (Wildman–Crippen MR) is 64.9 cm³/mol. The maximum Gasteiger partial charge on any atom is 0.181 e. The molecule has 2 atom stereocenters. The molecule has 1 aromatic heterocycles. The van der Waals surface area contributed by atoms with E-state index >= 15 is 0 Å². The molecule has 2 aliphatic rings. The van der Waals surface area contributed by atoms with Crippen LogP contribution in [0.15, 0.2) is 0 Å². The van der Waals surface area contributed by atoms with Crippen molar-refractivity contribution in [2.45, 2.75) is 57.8 Å². The van der Waals surface area contributed by atoms with Crippen LogP contribution in [0.1, 0.15) is 49.1 Å². The average molecular weight is 268 g/mol. The van der Waals surface area contributed by atoms with Gasteiger partial charge in [0.2, 0.25) is 0 Å². The van der Waals surface area contributed by atoms with Crippen LogP contribution < -0.4 is 0 Å². The Labute approximate surface area is 111 Å². The minimum Gasteiger partial charge on any atom is -0.427 e. The molecule has 3 rings (SSSR count). The van der Waals surface area contributed by atoms with Crippen LogP contribution in [0.4, 0.5) is 0 Å². The molecule has 2 heterocycles. The van der Waals surface area contributed by atoms with Crippen LogP contribution >= 0.6 is 0 Å². The minimum atomic E-state index is -0.800. The van der Waals surface area contributed by atoms with Crippen molar-refractivity contribution in [3.63, 3.8) is 0 Å². The molecule has 1 aliphatic heterocycles. The second-order valence-electron chi connectivity index (χ2n) is 5.51. The summed E-state index contributed by atoms with van der Waals surface area (Å²) in [6.07, 6.45) is 2.98. The summed E-state index contributed by atoms with van der Waals surface area (Å²) < 4.78 is 0.948. The van der Waals surface area contributed by atoms with Gasteiger partial charge in [0.15, 0.2) is 12.0 Å². The number of aromatic nitrogens is 2. The first kappa shape index (κ1) is 12.9. The smallest absolute Gasteiger partial charge is 0.181 e. The highest BCUT2D eigenvalue weighted by atomic mass is 16.6. The highest BCUT2D eigenvalue weighted by Gasteiger charge is 2.50. The fourth-order valence-corrected chi connectivity index (χ4v) is 3.22. The van der Waals surface area contributed by atoms with Gasteiger partial charge in [-0.15, -0.1) is 0 Å². The fraction of sp³-hybridized carbons (Fsp3) is 0.750. The zero-order valence-electron chi connectivity index (χ0n) is 11.2. The summed E-state index contributed by atoms with van der Waals surface area (Å²) in [4.78, 5) is 4.26. The molecule has 1 saturated carbocycles. The summed E-state index contributed by atoms with van der Waals surface area (Å²) >= 11 is 0. The fourth-order valence-electron chi connectivity index (χ4n) is 3.22. The normalized spacial score (nSPS) is 29.9. The predicted octanol–water partition coefficient (Wildman–Crippen LogP) is 1.44. The van der Waals surface area contributed by atoms with Crippen molar-refractivity contribution in [1.29, 1.82) is 0 Å². The van der Waals surface area contributed by atoms with Gasteiger partial charge in [0, 0.05) is 0 Å². The quantitative estimate of drug-likeness (QED) is 0.668. The van der Waals surface area contributed by atoms with Crippen molar-refractivity contribution < 1.29 is 15.6 Å². The number of hydrogen-bond donors (Lipinski definition) is 3. The van der Waals surface area contributed by atoms with Gasteiger partial charge in [0.25, 0.3) is 0 Å². The van der Waals surface area contributed by atoms with E-state index in [1.165, 1.54) is 0 Å². The largest absolute Gasteiger partial charge is 0.427 e. The van der Waals surface area contributed by atoms with E-state index in [0.717, 1.165) is 40.5 Å². The highest BCUT2D eigenvalue weighted by molar-refractivity contribution is 5.16. The molecule has 19 heavy (non-hydrogen) atoms. The Balaban J connectivity index is 1.98. The third-order valence-electron chi connectivity index (χ3n) is 4.45. The lowest BCUT2D eigenvalue weighted by Gasteiger charge is -2.27. The number of aryl methyl sites for hydroxylation is 1. The molecule has 0 amide bonds. The number of rotatable bonds is 1. The third kappa shape index (κ3) is 1.77. The van der Waals surface area contributed by atoms with E-state index in [1.54, 1.807) is 13.8 Å². The topological polar surface area (TPSA) is 85.0 Å². The van der Waals surface area contributed by atoms with Crippen LogP contribution in [0.3, 0.4) is 0 Å². The average Bonchev–Trinajstić information content (AvgIpc) is 2.80. The Morgan fingerprint density at radius 2 is 1.53 bits per heavy atom. The molecule has 1 aromatic rings. The van der Waals surface area contributed by atoms with E-state index in [1.807, 2.05) is 0 Å². The van der Waals surface area contributed by atoms with Crippen molar-refractivity contribution in [2.75, 3.05) is 0 Å². The SMILES string of the molecule is Cc1nc(C2N(O)[C@H]3CCCC[C@@H]3N2O)n(O)c1C. The summed E-state index contributed by atoms with van der Waals surface area (Å²) in [5.74, 6) is 0.259. The van der Waals surface area contributed by atoms with Crippen LogP contribution in [0.5, 0.6) is 0 Å². The van der Waals surface area contributed by atoms with Crippen LogP contribution in [-0.4, -0.2) is 47.5 Å². The van der Waals surface area contributed by atoms with E-state index in [2.05, 4.69) is 4.98 Å². The van der Waals surface area contributed by atoms with Gasteiger partial charge >= 0.3 is 0 Å². The van der Waals surface area contributed by atoms with Gasteiger partial charge in [-0.3, -0.25) is 0 Å². The molecule has 7 heteroatoms. The van der Waals surface area contributed by atoms with E-state index in [9.17, 15) is 15.6 Å². The van der Waals surface area contributed by atoms with Crippen molar-refractivity contribution >= 4 is 0 Å². The second kappa shape index (κ2) is 4.45. The van der Waals surface area contributed by atoms with E-state index in [-0.39, 0.29) is 17.9 Å².